The van der Waals surface area contributed by atoms with Crippen LogP contribution in [0.5, 0.6) is 0 Å². The highest BCUT2D eigenvalue weighted by Crippen LogP contribution is 2.24. The summed E-state index contributed by atoms with van der Waals surface area (Å²) in [5.41, 5.74) is 0. The minimum Gasteiger partial charge on any atom is -0.326 e. The molecule has 3 nitrogen and oxygen atoms in total. The third-order valence-corrected chi connectivity index (χ3v) is 4.83. The minimum atomic E-state index is 0.0301. The van der Waals surface area contributed by atoms with E-state index in [1.54, 1.807) is 0 Å². The summed E-state index contributed by atoms with van der Waals surface area (Å²) in [5, 5.41) is 3.58. The van der Waals surface area contributed by atoms with Gasteiger partial charge in [0.15, 0.2) is 0 Å². The van der Waals surface area contributed by atoms with Crippen LogP contribution in [0.2, 0.25) is 0 Å². The molecule has 3 unspecified atom stereocenters. The number of unbranched alkanes of at least 4 members (excludes halogenated alkanes) is 5. The fourth-order valence-corrected chi connectivity index (χ4v) is 3.17. The molecule has 0 spiro atoms. The Morgan fingerprint density at radius 1 is 1.05 bits per heavy atom. The summed E-state index contributed by atoms with van der Waals surface area (Å²) < 4.78 is 0. The van der Waals surface area contributed by atoms with Crippen LogP contribution in [0.25, 0.3) is 0 Å². The van der Waals surface area contributed by atoms with Crippen molar-refractivity contribution < 1.29 is 4.79 Å². The second-order valence-corrected chi connectivity index (χ2v) is 7.02. The fourth-order valence-electron chi connectivity index (χ4n) is 3.17. The van der Waals surface area contributed by atoms with Crippen molar-refractivity contribution in [3.8, 4) is 0 Å². The Morgan fingerprint density at radius 2 is 1.67 bits per heavy atom. The molecule has 1 aliphatic heterocycles. The summed E-state index contributed by atoms with van der Waals surface area (Å²) in [7, 11) is 0. The van der Waals surface area contributed by atoms with Crippen molar-refractivity contribution in [2.45, 2.75) is 91.8 Å². The molecule has 1 fully saturated rings. The zero-order valence-electron chi connectivity index (χ0n) is 14.8. The lowest BCUT2D eigenvalue weighted by Gasteiger charge is -2.27. The van der Waals surface area contributed by atoms with Gasteiger partial charge in [-0.2, -0.15) is 0 Å². The van der Waals surface area contributed by atoms with Gasteiger partial charge in [0.2, 0.25) is 5.91 Å². The fraction of sp³-hybridized carbons (Fsp3) is 0.944. The summed E-state index contributed by atoms with van der Waals surface area (Å²) in [6.45, 7) is 11.9. The Kier molecular flexibility index (Phi) is 8.31. The molecule has 1 aliphatic rings. The molecule has 1 heterocycles. The zero-order chi connectivity index (χ0) is 15.8. The molecule has 0 aromatic carbocycles. The molecule has 124 valence electrons. The summed E-state index contributed by atoms with van der Waals surface area (Å²) in [6.07, 6.45) is 8.97. The van der Waals surface area contributed by atoms with Crippen LogP contribution in [0.1, 0.15) is 79.6 Å². The van der Waals surface area contributed by atoms with Crippen molar-refractivity contribution in [2.75, 3.05) is 6.54 Å². The maximum absolute atomic E-state index is 12.7. The van der Waals surface area contributed by atoms with Gasteiger partial charge in [-0.3, -0.25) is 10.1 Å². The van der Waals surface area contributed by atoms with Crippen LogP contribution in [0, 0.1) is 11.8 Å². The van der Waals surface area contributed by atoms with Crippen molar-refractivity contribution >= 4 is 5.91 Å². The van der Waals surface area contributed by atoms with Gasteiger partial charge in [-0.05, 0) is 18.3 Å². The van der Waals surface area contributed by atoms with Crippen LogP contribution in [-0.2, 0) is 4.79 Å². The number of amides is 1. The molecule has 0 radical (unpaired) electrons. The van der Waals surface area contributed by atoms with E-state index in [2.05, 4.69) is 44.8 Å². The van der Waals surface area contributed by atoms with E-state index in [0.717, 1.165) is 19.4 Å². The highest BCUT2D eigenvalue weighted by atomic mass is 16.2. The first-order valence-electron chi connectivity index (χ1n) is 9.09. The van der Waals surface area contributed by atoms with E-state index >= 15 is 0 Å². The van der Waals surface area contributed by atoms with Gasteiger partial charge in [-0.25, -0.2) is 0 Å². The number of hydrogen-bond donors (Lipinski definition) is 1. The van der Waals surface area contributed by atoms with Crippen molar-refractivity contribution in [2.24, 2.45) is 11.8 Å². The molecule has 3 heteroatoms. The van der Waals surface area contributed by atoms with Crippen LogP contribution >= 0.6 is 0 Å². The second kappa shape index (κ2) is 9.45. The molecule has 0 bridgehead atoms. The van der Waals surface area contributed by atoms with Crippen molar-refractivity contribution in [3.63, 3.8) is 0 Å². The van der Waals surface area contributed by atoms with Gasteiger partial charge >= 0.3 is 0 Å². The summed E-state index contributed by atoms with van der Waals surface area (Å²) in [4.78, 5) is 14.8. The van der Waals surface area contributed by atoms with Crippen molar-refractivity contribution in [3.05, 3.63) is 0 Å². The molecule has 0 aromatic heterocycles. The predicted molar refractivity (Wildman–Crippen MR) is 90.1 cm³/mol. The van der Waals surface area contributed by atoms with E-state index in [9.17, 15) is 4.79 Å². The number of rotatable bonds is 10. The first-order chi connectivity index (χ1) is 10.0. The summed E-state index contributed by atoms with van der Waals surface area (Å²) in [6, 6.07) is 0.0301. The Morgan fingerprint density at radius 3 is 2.24 bits per heavy atom. The van der Waals surface area contributed by atoms with Gasteiger partial charge in [0.05, 0.1) is 12.2 Å². The van der Waals surface area contributed by atoms with Crippen molar-refractivity contribution in [1.29, 1.82) is 0 Å². The average molecular weight is 296 g/mol. The largest absolute Gasteiger partial charge is 0.326 e. The molecular formula is C18H36N2O. The normalized spacial score (nSPS) is 24.1. The van der Waals surface area contributed by atoms with Gasteiger partial charge in [-0.1, -0.05) is 73.1 Å². The average Bonchev–Trinajstić information content (AvgIpc) is 2.79. The number of carbonyl (C=O) groups excluding carboxylic acids is 1. The van der Waals surface area contributed by atoms with Crippen LogP contribution in [0.15, 0.2) is 0 Å². The van der Waals surface area contributed by atoms with Crippen molar-refractivity contribution in [1.82, 2.24) is 10.2 Å². The number of hydrogen-bond acceptors (Lipinski definition) is 2. The van der Waals surface area contributed by atoms with Gasteiger partial charge < -0.3 is 4.90 Å². The summed E-state index contributed by atoms with van der Waals surface area (Å²) in [5.74, 6) is 1.23. The first kappa shape index (κ1) is 18.5. The van der Waals surface area contributed by atoms with Gasteiger partial charge in [0, 0.05) is 6.54 Å². The molecule has 0 saturated carbocycles. The number of nitrogens with one attached hydrogen (secondary N) is 1. The molecule has 1 N–H and O–H groups in total. The lowest BCUT2D eigenvalue weighted by molar-refractivity contribution is -0.131. The number of nitrogens with zero attached hydrogens (tertiary/aromatic N) is 1. The monoisotopic (exact) mass is 296 g/mol. The van der Waals surface area contributed by atoms with Gasteiger partial charge in [-0.15, -0.1) is 0 Å². The third kappa shape index (κ3) is 5.28. The smallest absolute Gasteiger partial charge is 0.241 e. The van der Waals surface area contributed by atoms with E-state index in [4.69, 9.17) is 0 Å². The molecular weight excluding hydrogens is 260 g/mol. The topological polar surface area (TPSA) is 32.3 Å². The molecule has 1 rings (SSSR count). The Balaban J connectivity index is 2.47. The third-order valence-electron chi connectivity index (χ3n) is 4.83. The van der Waals surface area contributed by atoms with E-state index in [1.165, 1.54) is 32.1 Å². The molecule has 1 amide bonds. The van der Waals surface area contributed by atoms with Crippen LogP contribution < -0.4 is 5.32 Å². The quantitative estimate of drug-likeness (QED) is 0.613. The van der Waals surface area contributed by atoms with E-state index in [1.807, 2.05) is 0 Å². The molecule has 0 aliphatic carbocycles. The molecule has 3 atom stereocenters. The maximum Gasteiger partial charge on any atom is 0.241 e. The molecule has 21 heavy (non-hydrogen) atoms. The second-order valence-electron chi connectivity index (χ2n) is 7.02. The molecule has 1 saturated heterocycles. The van der Waals surface area contributed by atoms with E-state index in [0.29, 0.717) is 17.7 Å². The van der Waals surface area contributed by atoms with E-state index in [-0.39, 0.29) is 12.2 Å². The van der Waals surface area contributed by atoms with Crippen LogP contribution in [0.3, 0.4) is 0 Å². The maximum atomic E-state index is 12.7. The zero-order valence-corrected chi connectivity index (χ0v) is 14.8. The highest BCUT2D eigenvalue weighted by Gasteiger charge is 2.41. The first-order valence-corrected chi connectivity index (χ1v) is 9.09. The van der Waals surface area contributed by atoms with Crippen LogP contribution in [0.4, 0.5) is 0 Å². The highest BCUT2D eigenvalue weighted by molar-refractivity contribution is 5.84. The lowest BCUT2D eigenvalue weighted by Crippen LogP contribution is -2.42. The Bertz CT molecular complexity index is 304. The lowest BCUT2D eigenvalue weighted by atomic mass is 9.99. The standard InChI is InChI=1S/C18H36N2O/c1-6-8-9-10-11-12-13-20-17(14(3)4)19-16(18(20)21)15(5)7-2/h14-17,19H,6-13H2,1-5H3. The summed E-state index contributed by atoms with van der Waals surface area (Å²) >= 11 is 0. The Labute approximate surface area is 131 Å². The van der Waals surface area contributed by atoms with Gasteiger partial charge in [0.1, 0.15) is 0 Å². The molecule has 0 aromatic rings. The predicted octanol–water partition coefficient (Wildman–Crippen LogP) is 4.18. The SMILES string of the molecule is CCCCCCCCN1C(=O)C(C(C)CC)NC1C(C)C. The van der Waals surface area contributed by atoms with Crippen LogP contribution in [-0.4, -0.2) is 29.6 Å². The number of carbonyl (C=O) groups is 1. The Hall–Kier alpha value is -0.570. The minimum absolute atomic E-state index is 0.0301. The van der Waals surface area contributed by atoms with E-state index < -0.39 is 0 Å². The van der Waals surface area contributed by atoms with Gasteiger partial charge in [0.25, 0.3) is 0 Å².